The highest BCUT2D eigenvalue weighted by Gasteiger charge is 2.40. The molecule has 0 aromatic heterocycles. The second-order valence-electron chi connectivity index (χ2n) is 5.29. The van der Waals surface area contributed by atoms with Crippen LogP contribution >= 0.6 is 0 Å². The fraction of sp³-hybridized carbons (Fsp3) is 0.0556. The summed E-state index contributed by atoms with van der Waals surface area (Å²) in [5.41, 5.74) is 1.40. The number of amides is 5. The Hall–Kier alpha value is -3.81. The maximum atomic E-state index is 11.6. The number of benzene rings is 2. The van der Waals surface area contributed by atoms with Crippen molar-refractivity contribution in [3.05, 3.63) is 70.8 Å². The number of fused-ring (bicyclic) bond motifs is 2. The highest BCUT2D eigenvalue weighted by atomic mass is 16.5. The normalized spacial score (nSPS) is 14.3. The van der Waals surface area contributed by atoms with Gasteiger partial charge in [0, 0.05) is 0 Å². The third-order valence-corrected chi connectivity index (χ3v) is 3.79. The first kappa shape index (κ1) is 17.0. The van der Waals surface area contributed by atoms with E-state index in [9.17, 15) is 24.0 Å². The van der Waals surface area contributed by atoms with E-state index in [2.05, 4.69) is 10.1 Å². The van der Waals surface area contributed by atoms with E-state index in [0.29, 0.717) is 16.0 Å². The van der Waals surface area contributed by atoms with Crippen molar-refractivity contribution < 1.29 is 28.7 Å². The van der Waals surface area contributed by atoms with Crippen molar-refractivity contribution in [1.82, 2.24) is 10.2 Å². The summed E-state index contributed by atoms with van der Waals surface area (Å²) in [6.07, 6.45) is -0.957. The van der Waals surface area contributed by atoms with Crippen LogP contribution in [0.2, 0.25) is 0 Å². The van der Waals surface area contributed by atoms with Gasteiger partial charge in [0.15, 0.2) is 0 Å². The molecule has 130 valence electrons. The summed E-state index contributed by atoms with van der Waals surface area (Å²) in [4.78, 5) is 56.8. The number of hydrogen-bond acceptors (Lipinski definition) is 6. The summed E-state index contributed by atoms with van der Waals surface area (Å²) in [7, 11) is 1.12. The summed E-state index contributed by atoms with van der Waals surface area (Å²) >= 11 is 0. The van der Waals surface area contributed by atoms with Crippen molar-refractivity contribution in [3.63, 3.8) is 0 Å². The molecule has 26 heavy (non-hydrogen) atoms. The second kappa shape index (κ2) is 6.60. The topological polar surface area (TPSA) is 110 Å². The smallest absolute Gasteiger partial charge is 0.423 e. The standard InChI is InChI=1S/C10H7NO4.C8H5NO2/c1-15-10(14)11-8(12)6-4-2-3-5-7(6)9(11)13;10-7-5-3-1-2-4-6(5)8(11)9-7/h2-5H,1H3;1-4H,(H,9,10,11). The van der Waals surface area contributed by atoms with Crippen LogP contribution in [0.1, 0.15) is 41.4 Å². The third-order valence-electron chi connectivity index (χ3n) is 3.79. The zero-order valence-electron chi connectivity index (χ0n) is 13.5. The molecule has 0 saturated carbocycles. The molecule has 0 fully saturated rings. The summed E-state index contributed by atoms with van der Waals surface area (Å²) < 4.78 is 4.35. The van der Waals surface area contributed by atoms with Gasteiger partial charge in [0.2, 0.25) is 0 Å². The molecule has 0 unspecified atom stereocenters. The summed E-state index contributed by atoms with van der Waals surface area (Å²) in [6.45, 7) is 0. The summed E-state index contributed by atoms with van der Waals surface area (Å²) in [5.74, 6) is -1.87. The molecule has 2 aromatic rings. The third kappa shape index (κ3) is 2.73. The molecule has 0 saturated heterocycles. The van der Waals surface area contributed by atoms with E-state index in [-0.39, 0.29) is 22.9 Å². The van der Waals surface area contributed by atoms with Gasteiger partial charge in [-0.2, -0.15) is 4.90 Å². The number of hydrogen-bond donors (Lipinski definition) is 1. The molecule has 1 N–H and O–H groups in total. The lowest BCUT2D eigenvalue weighted by atomic mass is 10.1. The number of methoxy groups -OCH3 is 1. The van der Waals surface area contributed by atoms with Gasteiger partial charge in [-0.3, -0.25) is 24.5 Å². The van der Waals surface area contributed by atoms with E-state index >= 15 is 0 Å². The average Bonchev–Trinajstić information content (AvgIpc) is 3.09. The molecular weight excluding hydrogens is 340 g/mol. The molecule has 8 heteroatoms. The molecule has 2 heterocycles. The Morgan fingerprint density at radius 1 is 0.769 bits per heavy atom. The maximum Gasteiger partial charge on any atom is 0.423 e. The molecule has 5 amide bonds. The molecule has 0 atom stereocenters. The van der Waals surface area contributed by atoms with Gasteiger partial charge < -0.3 is 4.74 Å². The Morgan fingerprint density at radius 3 is 1.54 bits per heavy atom. The number of nitrogens with one attached hydrogen (secondary N) is 1. The van der Waals surface area contributed by atoms with Crippen LogP contribution in [0.25, 0.3) is 0 Å². The van der Waals surface area contributed by atoms with Crippen LogP contribution in [0.5, 0.6) is 0 Å². The van der Waals surface area contributed by atoms with Crippen molar-refractivity contribution in [3.8, 4) is 0 Å². The highest BCUT2D eigenvalue weighted by molar-refractivity contribution is 6.28. The zero-order chi connectivity index (χ0) is 18.8. The van der Waals surface area contributed by atoms with E-state index in [4.69, 9.17) is 0 Å². The number of ether oxygens (including phenoxy) is 1. The minimum Gasteiger partial charge on any atom is -0.452 e. The number of carbonyl (C=O) groups excluding carboxylic acids is 5. The van der Waals surface area contributed by atoms with Crippen LogP contribution in [0.4, 0.5) is 4.79 Å². The van der Waals surface area contributed by atoms with E-state index in [1.807, 2.05) is 0 Å². The Balaban J connectivity index is 0.000000158. The molecule has 4 rings (SSSR count). The lowest BCUT2D eigenvalue weighted by Gasteiger charge is -2.08. The van der Waals surface area contributed by atoms with E-state index < -0.39 is 17.9 Å². The molecule has 2 aromatic carbocycles. The van der Waals surface area contributed by atoms with Crippen molar-refractivity contribution in [2.24, 2.45) is 0 Å². The Morgan fingerprint density at radius 2 is 1.15 bits per heavy atom. The monoisotopic (exact) mass is 352 g/mol. The Bertz CT molecular complexity index is 898. The Kier molecular flexibility index (Phi) is 4.32. The SMILES string of the molecule is COC(=O)N1C(=O)c2ccccc2C1=O.O=C1NC(=O)c2ccccc21. The van der Waals surface area contributed by atoms with E-state index in [0.717, 1.165) is 7.11 Å². The number of rotatable bonds is 0. The van der Waals surface area contributed by atoms with Crippen LogP contribution in [-0.2, 0) is 4.74 Å². The van der Waals surface area contributed by atoms with Gasteiger partial charge in [-0.1, -0.05) is 24.3 Å². The fourth-order valence-corrected chi connectivity index (χ4v) is 2.56. The van der Waals surface area contributed by atoms with E-state index in [1.165, 1.54) is 12.1 Å². The van der Waals surface area contributed by atoms with E-state index in [1.54, 1.807) is 36.4 Å². The first-order valence-electron chi connectivity index (χ1n) is 7.46. The fourth-order valence-electron chi connectivity index (χ4n) is 2.56. The van der Waals surface area contributed by atoms with Gasteiger partial charge in [-0.05, 0) is 24.3 Å². The number of carbonyl (C=O) groups is 5. The minimum atomic E-state index is -0.957. The highest BCUT2D eigenvalue weighted by Crippen LogP contribution is 2.22. The molecule has 0 spiro atoms. The van der Waals surface area contributed by atoms with Gasteiger partial charge in [0.25, 0.3) is 23.6 Å². The first-order chi connectivity index (χ1) is 12.5. The number of nitrogens with zero attached hydrogens (tertiary/aromatic N) is 1. The molecule has 2 aliphatic rings. The first-order valence-corrected chi connectivity index (χ1v) is 7.46. The second-order valence-corrected chi connectivity index (χ2v) is 5.29. The summed E-state index contributed by atoms with van der Waals surface area (Å²) in [5, 5.41) is 2.20. The van der Waals surface area contributed by atoms with Crippen molar-refractivity contribution >= 4 is 29.7 Å². The van der Waals surface area contributed by atoms with Crippen LogP contribution in [0.3, 0.4) is 0 Å². The quantitative estimate of drug-likeness (QED) is 0.722. The van der Waals surface area contributed by atoms with Gasteiger partial charge in [-0.15, -0.1) is 0 Å². The molecule has 2 aliphatic heterocycles. The lowest BCUT2D eigenvalue weighted by molar-refractivity contribution is 0.0621. The van der Waals surface area contributed by atoms with Crippen molar-refractivity contribution in [1.29, 1.82) is 0 Å². The molecule has 0 radical (unpaired) electrons. The molecule has 0 aliphatic carbocycles. The van der Waals surface area contributed by atoms with Gasteiger partial charge in [0.05, 0.1) is 29.4 Å². The van der Waals surface area contributed by atoms with Crippen molar-refractivity contribution in [2.75, 3.05) is 7.11 Å². The number of imide groups is 4. The van der Waals surface area contributed by atoms with Crippen LogP contribution < -0.4 is 5.32 Å². The van der Waals surface area contributed by atoms with Crippen LogP contribution in [0, 0.1) is 0 Å². The predicted octanol–water partition coefficient (Wildman–Crippen LogP) is 1.62. The predicted molar refractivity (Wildman–Crippen MR) is 87.6 cm³/mol. The molecule has 8 nitrogen and oxygen atoms in total. The van der Waals surface area contributed by atoms with Crippen molar-refractivity contribution in [2.45, 2.75) is 0 Å². The van der Waals surface area contributed by atoms with Gasteiger partial charge in [-0.25, -0.2) is 4.79 Å². The molecular formula is C18H12N2O6. The minimum absolute atomic E-state index is 0.230. The summed E-state index contributed by atoms with van der Waals surface area (Å²) in [6, 6.07) is 13.0. The lowest BCUT2D eigenvalue weighted by Crippen LogP contribution is -2.35. The zero-order valence-corrected chi connectivity index (χ0v) is 13.5. The van der Waals surface area contributed by atoms with Crippen LogP contribution in [0.15, 0.2) is 48.5 Å². The van der Waals surface area contributed by atoms with Crippen LogP contribution in [-0.4, -0.2) is 41.7 Å². The maximum absolute atomic E-state index is 11.6. The Labute approximate surface area is 147 Å². The molecule has 0 bridgehead atoms. The van der Waals surface area contributed by atoms with Gasteiger partial charge in [0.1, 0.15) is 0 Å². The average molecular weight is 352 g/mol. The largest absolute Gasteiger partial charge is 0.452 e. The van der Waals surface area contributed by atoms with Gasteiger partial charge >= 0.3 is 6.09 Å².